The minimum atomic E-state index is -0.116. The van der Waals surface area contributed by atoms with Crippen LogP contribution in [-0.2, 0) is 0 Å². The van der Waals surface area contributed by atoms with Gasteiger partial charge in [0.2, 0.25) is 5.89 Å². The molecule has 0 radical (unpaired) electrons. The quantitative estimate of drug-likeness (QED) is 0.777. The molecule has 6 nitrogen and oxygen atoms in total. The van der Waals surface area contributed by atoms with E-state index in [1.165, 1.54) is 0 Å². The van der Waals surface area contributed by atoms with Crippen molar-refractivity contribution in [3.63, 3.8) is 0 Å². The first-order valence-electron chi connectivity index (χ1n) is 7.06. The van der Waals surface area contributed by atoms with Crippen molar-refractivity contribution in [1.82, 2.24) is 15.5 Å². The van der Waals surface area contributed by atoms with Crippen molar-refractivity contribution in [1.29, 1.82) is 0 Å². The first-order valence-corrected chi connectivity index (χ1v) is 7.06. The molecule has 2 N–H and O–H groups in total. The maximum atomic E-state index is 9.28. The third kappa shape index (κ3) is 3.67. The molecular formula is C13H24N4O2. The van der Waals surface area contributed by atoms with Crippen molar-refractivity contribution in [2.24, 2.45) is 5.92 Å². The van der Waals surface area contributed by atoms with Gasteiger partial charge in [-0.3, -0.25) is 0 Å². The minimum Gasteiger partial charge on any atom is -0.406 e. The zero-order chi connectivity index (χ0) is 13.8. The van der Waals surface area contributed by atoms with Crippen LogP contribution in [0.5, 0.6) is 0 Å². The van der Waals surface area contributed by atoms with E-state index in [1.54, 1.807) is 0 Å². The minimum absolute atomic E-state index is 0.0834. The highest BCUT2D eigenvalue weighted by Crippen LogP contribution is 2.29. The number of rotatable bonds is 7. The average Bonchev–Trinajstić information content (AvgIpc) is 2.83. The van der Waals surface area contributed by atoms with Crippen molar-refractivity contribution in [3.05, 3.63) is 5.89 Å². The second-order valence-electron chi connectivity index (χ2n) is 5.47. The number of aliphatic hydroxyl groups excluding tert-OH is 1. The number of nitrogens with one attached hydrogen (secondary N) is 1. The lowest BCUT2D eigenvalue weighted by atomic mass is 9.82. The second kappa shape index (κ2) is 6.34. The monoisotopic (exact) mass is 268 g/mol. The number of hydrogen-bond acceptors (Lipinski definition) is 6. The molecule has 1 aromatic heterocycles. The first kappa shape index (κ1) is 14.3. The summed E-state index contributed by atoms with van der Waals surface area (Å²) < 4.78 is 5.68. The number of hydrogen-bond donors (Lipinski definition) is 2. The highest BCUT2D eigenvalue weighted by atomic mass is 16.4. The second-order valence-corrected chi connectivity index (χ2v) is 5.47. The number of anilines is 1. The molecule has 1 saturated carbocycles. The van der Waals surface area contributed by atoms with Gasteiger partial charge < -0.3 is 19.7 Å². The van der Waals surface area contributed by atoms with Crippen molar-refractivity contribution >= 4 is 6.01 Å². The SMILES string of the molecule is CCCNC(C)c1nnc(N(C)CC2CC(O)C2)o1. The van der Waals surface area contributed by atoms with Gasteiger partial charge in [-0.1, -0.05) is 12.0 Å². The normalized spacial score (nSPS) is 24.0. The Morgan fingerprint density at radius 3 is 2.84 bits per heavy atom. The largest absolute Gasteiger partial charge is 0.406 e. The summed E-state index contributed by atoms with van der Waals surface area (Å²) in [5.41, 5.74) is 0. The van der Waals surface area contributed by atoms with E-state index in [0.717, 1.165) is 32.4 Å². The molecule has 1 heterocycles. The maximum absolute atomic E-state index is 9.28. The van der Waals surface area contributed by atoms with Crippen molar-refractivity contribution < 1.29 is 9.52 Å². The van der Waals surface area contributed by atoms with Crippen LogP contribution in [0.4, 0.5) is 6.01 Å². The van der Waals surface area contributed by atoms with Gasteiger partial charge >= 0.3 is 6.01 Å². The molecule has 1 unspecified atom stereocenters. The topological polar surface area (TPSA) is 74.4 Å². The van der Waals surface area contributed by atoms with Crippen molar-refractivity contribution in [2.75, 3.05) is 25.0 Å². The van der Waals surface area contributed by atoms with Gasteiger partial charge in [0.1, 0.15) is 0 Å². The lowest BCUT2D eigenvalue weighted by molar-refractivity contribution is 0.0461. The summed E-state index contributed by atoms with van der Waals surface area (Å²) in [7, 11) is 1.95. The fourth-order valence-electron chi connectivity index (χ4n) is 2.32. The van der Waals surface area contributed by atoms with E-state index in [0.29, 0.717) is 17.8 Å². The predicted molar refractivity (Wildman–Crippen MR) is 73.0 cm³/mol. The maximum Gasteiger partial charge on any atom is 0.317 e. The molecule has 1 aliphatic carbocycles. The zero-order valence-corrected chi connectivity index (χ0v) is 12.0. The Morgan fingerprint density at radius 2 is 2.21 bits per heavy atom. The van der Waals surface area contributed by atoms with Crippen LogP contribution in [0.2, 0.25) is 0 Å². The molecular weight excluding hydrogens is 244 g/mol. The van der Waals surface area contributed by atoms with E-state index < -0.39 is 0 Å². The third-order valence-electron chi connectivity index (χ3n) is 3.57. The van der Waals surface area contributed by atoms with E-state index in [1.807, 2.05) is 18.9 Å². The van der Waals surface area contributed by atoms with Crippen LogP contribution in [0.1, 0.15) is 45.0 Å². The number of aromatic nitrogens is 2. The predicted octanol–water partition coefficient (Wildman–Crippen LogP) is 1.34. The highest BCUT2D eigenvalue weighted by Gasteiger charge is 2.29. The first-order chi connectivity index (χ1) is 9.10. The summed E-state index contributed by atoms with van der Waals surface area (Å²) in [6.45, 7) is 5.94. The Hall–Kier alpha value is -1.14. The van der Waals surface area contributed by atoms with Gasteiger partial charge in [-0.15, -0.1) is 5.10 Å². The smallest absolute Gasteiger partial charge is 0.317 e. The summed E-state index contributed by atoms with van der Waals surface area (Å²) in [6, 6.07) is 0.640. The van der Waals surface area contributed by atoms with E-state index >= 15 is 0 Å². The van der Waals surface area contributed by atoms with E-state index in [2.05, 4.69) is 22.4 Å². The van der Waals surface area contributed by atoms with Gasteiger partial charge in [-0.05, 0) is 38.6 Å². The highest BCUT2D eigenvalue weighted by molar-refractivity contribution is 5.22. The van der Waals surface area contributed by atoms with E-state index in [-0.39, 0.29) is 12.1 Å². The Bertz CT molecular complexity index is 390. The van der Waals surface area contributed by atoms with Crippen LogP contribution in [-0.4, -0.2) is 41.5 Å². The molecule has 2 rings (SSSR count). The molecule has 1 aromatic rings. The Kier molecular flexibility index (Phi) is 4.76. The third-order valence-corrected chi connectivity index (χ3v) is 3.57. The van der Waals surface area contributed by atoms with Crippen molar-refractivity contribution in [3.8, 4) is 0 Å². The molecule has 0 saturated heterocycles. The van der Waals surface area contributed by atoms with Crippen molar-refractivity contribution in [2.45, 2.75) is 45.3 Å². The zero-order valence-electron chi connectivity index (χ0n) is 12.0. The van der Waals surface area contributed by atoms with Gasteiger partial charge in [-0.2, -0.15) is 0 Å². The van der Waals surface area contributed by atoms with Crippen LogP contribution < -0.4 is 10.2 Å². The van der Waals surface area contributed by atoms with Crippen LogP contribution in [0, 0.1) is 5.92 Å². The van der Waals surface area contributed by atoms with E-state index in [4.69, 9.17) is 4.42 Å². The summed E-state index contributed by atoms with van der Waals surface area (Å²) in [6.07, 6.45) is 2.71. The molecule has 1 aliphatic rings. The molecule has 0 spiro atoms. The van der Waals surface area contributed by atoms with Gasteiger partial charge in [0.05, 0.1) is 12.1 Å². The molecule has 19 heavy (non-hydrogen) atoms. The lowest BCUT2D eigenvalue weighted by Gasteiger charge is -2.33. The molecule has 6 heteroatoms. The van der Waals surface area contributed by atoms with Crippen LogP contribution in [0.3, 0.4) is 0 Å². The molecule has 0 bridgehead atoms. The fourth-order valence-corrected chi connectivity index (χ4v) is 2.32. The van der Waals surface area contributed by atoms with Crippen LogP contribution in [0.25, 0.3) is 0 Å². The van der Waals surface area contributed by atoms with Gasteiger partial charge in [0, 0.05) is 13.6 Å². The average molecular weight is 268 g/mol. The van der Waals surface area contributed by atoms with Gasteiger partial charge in [-0.25, -0.2) is 0 Å². The molecule has 0 amide bonds. The summed E-state index contributed by atoms with van der Waals surface area (Å²) >= 11 is 0. The molecule has 1 atom stereocenters. The Balaban J connectivity index is 1.85. The standard InChI is InChI=1S/C13H24N4O2/c1-4-5-14-9(2)12-15-16-13(19-12)17(3)8-10-6-11(18)7-10/h9-11,14,18H,4-8H2,1-3H3. The van der Waals surface area contributed by atoms with E-state index in [9.17, 15) is 5.11 Å². The summed E-state index contributed by atoms with van der Waals surface area (Å²) in [5, 5.41) is 20.8. The van der Waals surface area contributed by atoms with Gasteiger partial charge in [0.25, 0.3) is 0 Å². The number of aliphatic hydroxyl groups is 1. The summed E-state index contributed by atoms with van der Waals surface area (Å²) in [4.78, 5) is 1.97. The molecule has 108 valence electrons. The summed E-state index contributed by atoms with van der Waals surface area (Å²) in [5.74, 6) is 1.16. The number of nitrogens with zero attached hydrogens (tertiary/aromatic N) is 3. The molecule has 0 aliphatic heterocycles. The van der Waals surface area contributed by atoms with Gasteiger partial charge in [0.15, 0.2) is 0 Å². The van der Waals surface area contributed by atoms with Crippen LogP contribution >= 0.6 is 0 Å². The Morgan fingerprint density at radius 1 is 1.47 bits per heavy atom. The van der Waals surface area contributed by atoms with Crippen LogP contribution in [0.15, 0.2) is 4.42 Å². The Labute approximate surface area is 114 Å². The fraction of sp³-hybridized carbons (Fsp3) is 0.846. The molecule has 1 fully saturated rings. The molecule has 0 aromatic carbocycles. The lowest BCUT2D eigenvalue weighted by Crippen LogP contribution is -2.37.